The summed E-state index contributed by atoms with van der Waals surface area (Å²) in [7, 11) is 0. The molecular weight excluding hydrogens is 318 g/mol. The van der Waals surface area contributed by atoms with Crippen LogP contribution in [0, 0.1) is 10.8 Å². The van der Waals surface area contributed by atoms with E-state index in [1.807, 2.05) is 0 Å². The maximum atomic E-state index is 11.5. The molecule has 0 aliphatic heterocycles. The molecule has 6 heteroatoms. The van der Waals surface area contributed by atoms with Gasteiger partial charge in [0.1, 0.15) is 0 Å². The van der Waals surface area contributed by atoms with E-state index < -0.39 is 22.8 Å². The average molecular weight is 351 g/mol. The minimum Gasteiger partial charge on any atom is -1.00 e. The fraction of sp³-hybridized carbons (Fsp3) is 0.875. The largest absolute Gasteiger partial charge is 1.00 e. The Labute approximate surface area is 202 Å². The Balaban J connectivity index is -0.000000301. The minimum absolute atomic E-state index is 0. The predicted molar refractivity (Wildman–Crippen MR) is 82.0 cm³/mol. The second-order valence-electron chi connectivity index (χ2n) is 6.64. The van der Waals surface area contributed by atoms with E-state index in [1.165, 1.54) is 19.3 Å². The van der Waals surface area contributed by atoms with E-state index in [4.69, 9.17) is 0 Å². The van der Waals surface area contributed by atoms with Crippen molar-refractivity contribution >= 4 is 11.9 Å². The maximum Gasteiger partial charge on any atom is 1.00 e. The molecule has 0 fully saturated rings. The van der Waals surface area contributed by atoms with Crippen molar-refractivity contribution in [3.8, 4) is 0 Å². The molecular formula is C16H32KNaO4. The van der Waals surface area contributed by atoms with Gasteiger partial charge in [-0.15, -0.1) is 0 Å². The SMILES string of the molecule is CCCCCCCCCC(C(=O)O)(C(=O)O)C(C)(C)C.[H-].[H-].[K+].[Na+]. The molecule has 0 aromatic heterocycles. The van der Waals surface area contributed by atoms with Crippen LogP contribution in [-0.2, 0) is 9.59 Å². The van der Waals surface area contributed by atoms with Crippen LogP contribution in [0.25, 0.3) is 0 Å². The molecule has 0 spiro atoms. The van der Waals surface area contributed by atoms with Crippen LogP contribution in [0.1, 0.15) is 81.9 Å². The molecule has 0 aliphatic carbocycles. The zero-order valence-electron chi connectivity index (χ0n) is 17.4. The number of aliphatic carboxylic acids is 2. The summed E-state index contributed by atoms with van der Waals surface area (Å²) < 4.78 is 0. The van der Waals surface area contributed by atoms with Gasteiger partial charge in [0.15, 0.2) is 5.41 Å². The Morgan fingerprint density at radius 3 is 1.55 bits per heavy atom. The molecule has 4 nitrogen and oxygen atoms in total. The third kappa shape index (κ3) is 8.61. The van der Waals surface area contributed by atoms with Gasteiger partial charge in [0.25, 0.3) is 0 Å². The summed E-state index contributed by atoms with van der Waals surface area (Å²) in [5, 5.41) is 18.8. The number of unbranched alkanes of at least 4 members (excludes halogenated alkanes) is 6. The summed E-state index contributed by atoms with van der Waals surface area (Å²) in [5.74, 6) is -2.44. The van der Waals surface area contributed by atoms with Gasteiger partial charge in [0, 0.05) is 0 Å². The summed E-state index contributed by atoms with van der Waals surface area (Å²) in [6.45, 7) is 7.24. The van der Waals surface area contributed by atoms with Crippen LogP contribution < -0.4 is 80.9 Å². The third-order valence-corrected chi connectivity index (χ3v) is 4.17. The van der Waals surface area contributed by atoms with Crippen molar-refractivity contribution in [2.75, 3.05) is 0 Å². The Morgan fingerprint density at radius 2 is 1.23 bits per heavy atom. The summed E-state index contributed by atoms with van der Waals surface area (Å²) in [6, 6.07) is 0. The number of hydrogen-bond acceptors (Lipinski definition) is 2. The molecule has 0 unspecified atom stereocenters. The Bertz CT molecular complexity index is 323. The van der Waals surface area contributed by atoms with Crippen LogP contribution in [0.15, 0.2) is 0 Å². The molecule has 0 aromatic carbocycles. The van der Waals surface area contributed by atoms with Crippen LogP contribution in [0.4, 0.5) is 0 Å². The van der Waals surface area contributed by atoms with Gasteiger partial charge in [0.2, 0.25) is 0 Å². The predicted octanol–water partition coefficient (Wildman–Crippen LogP) is -1.44. The summed E-state index contributed by atoms with van der Waals surface area (Å²) >= 11 is 0. The fourth-order valence-corrected chi connectivity index (χ4v) is 2.67. The molecule has 0 saturated carbocycles. The van der Waals surface area contributed by atoms with Gasteiger partial charge < -0.3 is 13.1 Å². The number of hydrogen-bond donors (Lipinski definition) is 2. The number of carboxylic acid groups (broad SMARTS) is 2. The summed E-state index contributed by atoms with van der Waals surface area (Å²) in [4.78, 5) is 23.1. The average Bonchev–Trinajstić information content (AvgIpc) is 2.30. The molecule has 0 saturated heterocycles. The van der Waals surface area contributed by atoms with E-state index in [0.29, 0.717) is 6.42 Å². The normalized spacial score (nSPS) is 11.3. The second-order valence-corrected chi connectivity index (χ2v) is 6.64. The van der Waals surface area contributed by atoms with Crippen molar-refractivity contribution in [1.82, 2.24) is 0 Å². The van der Waals surface area contributed by atoms with Gasteiger partial charge in [-0.3, -0.25) is 9.59 Å². The first-order chi connectivity index (χ1) is 9.20. The number of carbonyl (C=O) groups is 2. The minimum atomic E-state index is -1.68. The van der Waals surface area contributed by atoms with Crippen LogP contribution in [0.3, 0.4) is 0 Å². The van der Waals surface area contributed by atoms with Crippen molar-refractivity contribution in [2.45, 2.75) is 79.1 Å². The second kappa shape index (κ2) is 13.8. The summed E-state index contributed by atoms with van der Waals surface area (Å²) in [5.41, 5.74) is -2.48. The number of rotatable bonds is 10. The first-order valence-electron chi connectivity index (χ1n) is 7.67. The van der Waals surface area contributed by atoms with Gasteiger partial charge in [-0.25, -0.2) is 0 Å². The molecule has 0 amide bonds. The smallest absolute Gasteiger partial charge is 1.00 e. The van der Waals surface area contributed by atoms with E-state index >= 15 is 0 Å². The quantitative estimate of drug-likeness (QED) is 0.288. The molecule has 122 valence electrons. The molecule has 0 bridgehead atoms. The van der Waals surface area contributed by atoms with Gasteiger partial charge >= 0.3 is 92.9 Å². The van der Waals surface area contributed by atoms with E-state index in [-0.39, 0.29) is 90.2 Å². The van der Waals surface area contributed by atoms with Gasteiger partial charge in [-0.05, 0) is 11.8 Å². The molecule has 0 radical (unpaired) electrons. The first kappa shape index (κ1) is 28.4. The third-order valence-electron chi connectivity index (χ3n) is 4.17. The van der Waals surface area contributed by atoms with E-state index in [9.17, 15) is 19.8 Å². The van der Waals surface area contributed by atoms with Gasteiger partial charge in [-0.2, -0.15) is 0 Å². The van der Waals surface area contributed by atoms with E-state index in [0.717, 1.165) is 19.3 Å². The molecule has 0 aromatic rings. The molecule has 0 aliphatic rings. The van der Waals surface area contributed by atoms with Crippen LogP contribution in [0.5, 0.6) is 0 Å². The molecule has 0 rings (SSSR count). The number of carboxylic acids is 2. The topological polar surface area (TPSA) is 74.6 Å². The maximum absolute atomic E-state index is 11.5. The van der Waals surface area contributed by atoms with E-state index in [1.54, 1.807) is 20.8 Å². The van der Waals surface area contributed by atoms with Crippen molar-refractivity contribution in [1.29, 1.82) is 0 Å². The fourth-order valence-electron chi connectivity index (χ4n) is 2.67. The van der Waals surface area contributed by atoms with Crippen molar-refractivity contribution < 1.29 is 104 Å². The zero-order valence-corrected chi connectivity index (χ0v) is 20.5. The van der Waals surface area contributed by atoms with Crippen molar-refractivity contribution in [2.24, 2.45) is 10.8 Å². The zero-order chi connectivity index (χ0) is 15.8. The Kier molecular flexibility index (Phi) is 17.8. The molecule has 2 N–H and O–H groups in total. The standard InChI is InChI=1S/C16H30O4.K.Na.2H/c1-5-6-7-8-9-10-11-12-16(13(17)18,14(19)20)15(2,3)4;;;;/h5-12H2,1-4H3,(H,17,18)(H,19,20);;;;/q;2*+1;2*-1. The molecule has 0 atom stereocenters. The Hall–Kier alpha value is 1.58. The van der Waals surface area contributed by atoms with E-state index in [2.05, 4.69) is 6.92 Å². The van der Waals surface area contributed by atoms with Crippen LogP contribution >= 0.6 is 0 Å². The summed E-state index contributed by atoms with van der Waals surface area (Å²) in [6.07, 6.45) is 7.61. The van der Waals surface area contributed by atoms with Gasteiger partial charge in [-0.1, -0.05) is 72.6 Å². The van der Waals surface area contributed by atoms with Crippen LogP contribution in [0.2, 0.25) is 0 Å². The van der Waals surface area contributed by atoms with Crippen LogP contribution in [-0.4, -0.2) is 22.2 Å². The van der Waals surface area contributed by atoms with Crippen molar-refractivity contribution in [3.05, 3.63) is 0 Å². The molecule has 0 heterocycles. The molecule has 22 heavy (non-hydrogen) atoms. The Morgan fingerprint density at radius 1 is 0.864 bits per heavy atom. The monoisotopic (exact) mass is 350 g/mol. The van der Waals surface area contributed by atoms with Crippen molar-refractivity contribution in [3.63, 3.8) is 0 Å². The first-order valence-corrected chi connectivity index (χ1v) is 7.67. The van der Waals surface area contributed by atoms with Gasteiger partial charge in [0.05, 0.1) is 0 Å².